The molecule has 0 aliphatic rings. The molecule has 0 aliphatic carbocycles. The van der Waals surface area contributed by atoms with Gasteiger partial charge in [0.15, 0.2) is 0 Å². The van der Waals surface area contributed by atoms with Crippen molar-refractivity contribution in [2.45, 2.75) is 27.0 Å². The maximum atomic E-state index is 12.9. The van der Waals surface area contributed by atoms with Crippen LogP contribution in [0, 0.1) is 6.92 Å². The number of amides is 1. The lowest BCUT2D eigenvalue weighted by atomic mass is 10.1. The van der Waals surface area contributed by atoms with Crippen molar-refractivity contribution < 1.29 is 9.53 Å². The van der Waals surface area contributed by atoms with Gasteiger partial charge in [-0.2, -0.15) is 0 Å². The van der Waals surface area contributed by atoms with Crippen molar-refractivity contribution in [2.75, 3.05) is 12.4 Å². The van der Waals surface area contributed by atoms with E-state index in [1.807, 2.05) is 13.8 Å². The van der Waals surface area contributed by atoms with Crippen LogP contribution in [0.1, 0.15) is 28.5 Å². The number of benzene rings is 1. The van der Waals surface area contributed by atoms with Gasteiger partial charge in [0.2, 0.25) is 11.0 Å². The fourth-order valence-electron chi connectivity index (χ4n) is 3.65. The molecule has 1 aromatic carbocycles. The summed E-state index contributed by atoms with van der Waals surface area (Å²) in [4.78, 5) is 45.0. The second-order valence-electron chi connectivity index (χ2n) is 7.29. The number of hydrogen-bond acceptors (Lipinski definition) is 5. The molecule has 4 aromatic rings. The molecule has 0 aliphatic heterocycles. The summed E-state index contributed by atoms with van der Waals surface area (Å²) in [6, 6.07) is 10.1. The van der Waals surface area contributed by atoms with Gasteiger partial charge in [-0.3, -0.25) is 14.4 Å². The molecule has 31 heavy (non-hydrogen) atoms. The number of fused-ring (bicyclic) bond motifs is 2. The van der Waals surface area contributed by atoms with Crippen LogP contribution < -0.4 is 16.3 Å². The number of hydrogen-bond donors (Lipinski definition) is 2. The molecular formula is C23H22N4O4. The Morgan fingerprint density at radius 3 is 2.68 bits per heavy atom. The zero-order chi connectivity index (χ0) is 22.1. The molecule has 2 N–H and O–H groups in total. The lowest BCUT2D eigenvalue weighted by molar-refractivity contribution is 0.102. The Bertz CT molecular complexity index is 1440. The Kier molecular flexibility index (Phi) is 5.39. The molecule has 0 unspecified atom stereocenters. The van der Waals surface area contributed by atoms with Gasteiger partial charge in [-0.15, -0.1) is 0 Å². The molecule has 8 nitrogen and oxygen atoms in total. The summed E-state index contributed by atoms with van der Waals surface area (Å²) < 4.78 is 6.94. The highest BCUT2D eigenvalue weighted by Gasteiger charge is 2.17. The molecule has 1 amide bonds. The van der Waals surface area contributed by atoms with Crippen molar-refractivity contribution in [2.24, 2.45) is 0 Å². The maximum Gasteiger partial charge on any atom is 0.261 e. The molecule has 3 heterocycles. The summed E-state index contributed by atoms with van der Waals surface area (Å²) in [6.45, 7) is 4.64. The van der Waals surface area contributed by atoms with Crippen LogP contribution in [-0.4, -0.2) is 27.6 Å². The first-order valence-electron chi connectivity index (χ1n) is 9.88. The van der Waals surface area contributed by atoms with E-state index in [1.54, 1.807) is 42.0 Å². The number of nitrogens with zero attached hydrogens (tertiary/aromatic N) is 2. The van der Waals surface area contributed by atoms with Crippen molar-refractivity contribution in [1.29, 1.82) is 0 Å². The lowest BCUT2D eigenvalue weighted by Gasteiger charge is -2.12. The molecular weight excluding hydrogens is 396 g/mol. The average Bonchev–Trinajstić information content (AvgIpc) is 2.73. The second kappa shape index (κ2) is 8.16. The average molecular weight is 418 g/mol. The van der Waals surface area contributed by atoms with E-state index in [1.165, 1.54) is 12.3 Å². The molecule has 4 rings (SSSR count). The summed E-state index contributed by atoms with van der Waals surface area (Å²) in [5.74, 6) is -0.524. The number of nitrogens with one attached hydrogen (secondary N) is 2. The van der Waals surface area contributed by atoms with Gasteiger partial charge in [0.1, 0.15) is 11.2 Å². The van der Waals surface area contributed by atoms with E-state index in [4.69, 9.17) is 4.74 Å². The van der Waals surface area contributed by atoms with Gasteiger partial charge in [-0.05, 0) is 43.7 Å². The molecule has 3 aromatic heterocycles. The molecule has 0 bridgehead atoms. The maximum absolute atomic E-state index is 12.9. The number of ether oxygens (including phenoxy) is 1. The highest BCUT2D eigenvalue weighted by Crippen LogP contribution is 2.21. The van der Waals surface area contributed by atoms with E-state index in [9.17, 15) is 14.4 Å². The number of methoxy groups -OCH3 is 1. The van der Waals surface area contributed by atoms with Crippen LogP contribution in [0.5, 0.6) is 0 Å². The minimum atomic E-state index is -0.524. The SMILES string of the molecule is CCn1cc(C(=O)Nc2ccc3c(COC)cc(=O)[nH]c3c2)c(=O)c2ccc(C)nc21. The van der Waals surface area contributed by atoms with Crippen LogP contribution in [0.2, 0.25) is 0 Å². The second-order valence-corrected chi connectivity index (χ2v) is 7.29. The minimum absolute atomic E-state index is 0.0294. The van der Waals surface area contributed by atoms with Crippen molar-refractivity contribution in [3.05, 3.63) is 80.0 Å². The van der Waals surface area contributed by atoms with Crippen molar-refractivity contribution in [3.63, 3.8) is 0 Å². The summed E-state index contributed by atoms with van der Waals surface area (Å²) >= 11 is 0. The number of anilines is 1. The third-order valence-corrected chi connectivity index (χ3v) is 5.13. The van der Waals surface area contributed by atoms with Gasteiger partial charge in [0.05, 0.1) is 17.5 Å². The van der Waals surface area contributed by atoms with Gasteiger partial charge in [0, 0.05) is 42.7 Å². The van der Waals surface area contributed by atoms with Crippen LogP contribution in [0.15, 0.2) is 52.2 Å². The van der Waals surface area contributed by atoms with E-state index < -0.39 is 5.91 Å². The summed E-state index contributed by atoms with van der Waals surface area (Å²) in [5, 5.41) is 3.98. The first kappa shape index (κ1) is 20.5. The number of H-pyrrole nitrogens is 1. The van der Waals surface area contributed by atoms with Crippen LogP contribution in [-0.2, 0) is 17.9 Å². The van der Waals surface area contributed by atoms with E-state index in [-0.39, 0.29) is 16.6 Å². The first-order valence-corrected chi connectivity index (χ1v) is 9.88. The molecule has 0 saturated carbocycles. The number of carbonyl (C=O) groups is 1. The topological polar surface area (TPSA) is 106 Å². The third-order valence-electron chi connectivity index (χ3n) is 5.13. The quantitative estimate of drug-likeness (QED) is 0.518. The van der Waals surface area contributed by atoms with E-state index in [2.05, 4.69) is 15.3 Å². The number of carbonyl (C=O) groups excluding carboxylic acids is 1. The number of aromatic nitrogens is 3. The van der Waals surface area contributed by atoms with Crippen molar-refractivity contribution in [3.8, 4) is 0 Å². The number of pyridine rings is 3. The molecule has 0 radical (unpaired) electrons. The number of rotatable bonds is 5. The lowest BCUT2D eigenvalue weighted by Crippen LogP contribution is -2.24. The standard InChI is InChI=1S/C23H22N4O4/c1-4-27-11-18(21(29)17-7-5-13(2)24-22(17)27)23(30)25-15-6-8-16-14(12-31-3)9-20(28)26-19(16)10-15/h5-11H,4,12H2,1-3H3,(H,25,30)(H,26,28). The van der Waals surface area contributed by atoms with Crippen molar-refractivity contribution >= 4 is 33.5 Å². The smallest absolute Gasteiger partial charge is 0.261 e. The summed E-state index contributed by atoms with van der Waals surface area (Å²) in [6.07, 6.45) is 1.53. The Labute approximate surface area is 177 Å². The summed E-state index contributed by atoms with van der Waals surface area (Å²) in [5.41, 5.74) is 2.53. The third kappa shape index (κ3) is 3.85. The predicted octanol–water partition coefficient (Wildman–Crippen LogP) is 2.97. The predicted molar refractivity (Wildman–Crippen MR) is 120 cm³/mol. The normalized spacial score (nSPS) is 11.2. The number of aryl methyl sites for hydroxylation is 2. The molecule has 0 spiro atoms. The molecule has 8 heteroatoms. The Balaban J connectivity index is 1.74. The van der Waals surface area contributed by atoms with E-state index in [0.717, 1.165) is 16.6 Å². The van der Waals surface area contributed by atoms with Gasteiger partial charge in [0.25, 0.3) is 5.91 Å². The Morgan fingerprint density at radius 1 is 1.16 bits per heavy atom. The minimum Gasteiger partial charge on any atom is -0.380 e. The van der Waals surface area contributed by atoms with Gasteiger partial charge in [-0.25, -0.2) is 4.98 Å². The van der Waals surface area contributed by atoms with Gasteiger partial charge in [-0.1, -0.05) is 6.07 Å². The Hall–Kier alpha value is -3.78. The van der Waals surface area contributed by atoms with Gasteiger partial charge < -0.3 is 19.6 Å². The van der Waals surface area contributed by atoms with E-state index in [0.29, 0.717) is 35.4 Å². The number of aromatic amines is 1. The van der Waals surface area contributed by atoms with E-state index >= 15 is 0 Å². The molecule has 0 saturated heterocycles. The Morgan fingerprint density at radius 2 is 1.94 bits per heavy atom. The fraction of sp³-hybridized carbons (Fsp3) is 0.217. The van der Waals surface area contributed by atoms with Crippen LogP contribution in [0.4, 0.5) is 5.69 Å². The fourth-order valence-corrected chi connectivity index (χ4v) is 3.65. The van der Waals surface area contributed by atoms with Gasteiger partial charge >= 0.3 is 0 Å². The molecule has 0 fully saturated rings. The first-order chi connectivity index (χ1) is 14.9. The zero-order valence-electron chi connectivity index (χ0n) is 17.5. The highest BCUT2D eigenvalue weighted by atomic mass is 16.5. The van der Waals surface area contributed by atoms with Crippen LogP contribution >= 0.6 is 0 Å². The highest BCUT2D eigenvalue weighted by molar-refractivity contribution is 6.06. The molecule has 158 valence electrons. The van der Waals surface area contributed by atoms with Crippen LogP contribution in [0.3, 0.4) is 0 Å². The van der Waals surface area contributed by atoms with Crippen LogP contribution in [0.25, 0.3) is 21.9 Å². The zero-order valence-corrected chi connectivity index (χ0v) is 17.5. The van der Waals surface area contributed by atoms with Crippen molar-refractivity contribution in [1.82, 2.24) is 14.5 Å². The largest absolute Gasteiger partial charge is 0.380 e. The molecule has 0 atom stereocenters. The summed E-state index contributed by atoms with van der Waals surface area (Å²) in [7, 11) is 1.56. The monoisotopic (exact) mass is 418 g/mol.